The van der Waals surface area contributed by atoms with E-state index < -0.39 is 0 Å². The van der Waals surface area contributed by atoms with Crippen molar-refractivity contribution in [2.75, 3.05) is 0 Å². The Hall–Kier alpha value is -2.15. The van der Waals surface area contributed by atoms with Crippen LogP contribution in [0.5, 0.6) is 0 Å². The van der Waals surface area contributed by atoms with Gasteiger partial charge in [-0.05, 0) is 33.4 Å². The number of fused-ring (bicyclic) bond motifs is 2. The Bertz CT molecular complexity index is 736. The molecule has 0 fully saturated rings. The van der Waals surface area contributed by atoms with E-state index in [2.05, 4.69) is 6.58 Å². The van der Waals surface area contributed by atoms with E-state index in [0.717, 1.165) is 26.8 Å². The lowest BCUT2D eigenvalue weighted by Gasteiger charge is -2.06. The molecular formula is C15H10O. The van der Waals surface area contributed by atoms with Gasteiger partial charge in [-0.25, -0.2) is 0 Å². The summed E-state index contributed by atoms with van der Waals surface area (Å²) in [4.78, 5) is 11.7. The van der Waals surface area contributed by atoms with Crippen LogP contribution in [0.3, 0.4) is 0 Å². The molecule has 1 aliphatic carbocycles. The predicted octanol–water partition coefficient (Wildman–Crippen LogP) is 1.78. The summed E-state index contributed by atoms with van der Waals surface area (Å²) in [7, 11) is 0. The fourth-order valence-corrected chi connectivity index (χ4v) is 2.15. The van der Waals surface area contributed by atoms with Crippen molar-refractivity contribution in [1.29, 1.82) is 0 Å². The molecule has 2 aromatic carbocycles. The summed E-state index contributed by atoms with van der Waals surface area (Å²) in [6.45, 7) is 4.08. The highest BCUT2D eigenvalue weighted by atomic mass is 16.1. The molecule has 1 nitrogen and oxygen atoms in total. The Morgan fingerprint density at radius 1 is 1.12 bits per heavy atom. The van der Waals surface area contributed by atoms with E-state index in [0.29, 0.717) is 0 Å². The first kappa shape index (κ1) is 9.10. The van der Waals surface area contributed by atoms with E-state index in [1.165, 1.54) is 0 Å². The maximum absolute atomic E-state index is 11.7. The van der Waals surface area contributed by atoms with Gasteiger partial charge in [0.05, 0.1) is 0 Å². The predicted molar refractivity (Wildman–Crippen MR) is 66.7 cm³/mol. The molecule has 0 unspecified atom stereocenters. The highest BCUT2D eigenvalue weighted by Crippen LogP contribution is 2.11. The summed E-state index contributed by atoms with van der Waals surface area (Å²) in [6.07, 6.45) is 5.33. The molecule has 0 aromatic heterocycles. The van der Waals surface area contributed by atoms with E-state index in [-0.39, 0.29) is 5.78 Å². The summed E-state index contributed by atoms with van der Waals surface area (Å²) in [5.41, 5.74) is 0.756. The van der Waals surface area contributed by atoms with Crippen LogP contribution in [0.1, 0.15) is 10.4 Å². The smallest absolute Gasteiger partial charge is 0.186 e. The third-order valence-electron chi connectivity index (χ3n) is 2.98. The van der Waals surface area contributed by atoms with Crippen molar-refractivity contribution in [3.63, 3.8) is 0 Å². The van der Waals surface area contributed by atoms with Crippen molar-refractivity contribution >= 4 is 29.2 Å². The second-order valence-corrected chi connectivity index (χ2v) is 3.93. The van der Waals surface area contributed by atoms with E-state index in [9.17, 15) is 4.79 Å². The first-order chi connectivity index (χ1) is 7.77. The van der Waals surface area contributed by atoms with E-state index in [1.807, 2.05) is 36.4 Å². The number of ketones is 1. The minimum Gasteiger partial charge on any atom is -0.289 e. The average molecular weight is 206 g/mol. The minimum atomic E-state index is 0.0631. The SMILES string of the molecule is C=c1c2c(cc3ccccc13)C(=O)C=CC=2. The van der Waals surface area contributed by atoms with Gasteiger partial charge in [-0.3, -0.25) is 4.79 Å². The van der Waals surface area contributed by atoms with Crippen LogP contribution < -0.4 is 10.4 Å². The number of benzene rings is 2. The Balaban J connectivity index is 2.61. The van der Waals surface area contributed by atoms with Gasteiger partial charge in [-0.1, -0.05) is 43.0 Å². The van der Waals surface area contributed by atoms with Gasteiger partial charge in [0.15, 0.2) is 5.78 Å². The molecule has 76 valence electrons. The zero-order valence-electron chi connectivity index (χ0n) is 8.73. The molecule has 1 heteroatoms. The highest BCUT2D eigenvalue weighted by molar-refractivity contribution is 6.09. The van der Waals surface area contributed by atoms with Crippen LogP contribution in [0, 0.1) is 0 Å². The van der Waals surface area contributed by atoms with Crippen LogP contribution in [0.15, 0.2) is 42.5 Å². The second kappa shape index (κ2) is 3.17. The number of rotatable bonds is 0. The zero-order valence-corrected chi connectivity index (χ0v) is 8.73. The largest absolute Gasteiger partial charge is 0.289 e. The Morgan fingerprint density at radius 3 is 2.81 bits per heavy atom. The lowest BCUT2D eigenvalue weighted by molar-refractivity contribution is 0.104. The van der Waals surface area contributed by atoms with Crippen molar-refractivity contribution in [2.45, 2.75) is 0 Å². The molecule has 0 heterocycles. The molecule has 1 aliphatic rings. The van der Waals surface area contributed by atoms with Crippen LogP contribution in [0.4, 0.5) is 0 Å². The number of allylic oxidation sites excluding steroid dienone is 2. The molecule has 0 bridgehead atoms. The van der Waals surface area contributed by atoms with Crippen LogP contribution >= 0.6 is 0 Å². The monoisotopic (exact) mass is 206 g/mol. The van der Waals surface area contributed by atoms with Crippen molar-refractivity contribution in [1.82, 2.24) is 0 Å². The maximum Gasteiger partial charge on any atom is 0.186 e. The summed E-state index contributed by atoms with van der Waals surface area (Å²) < 4.78 is 0. The number of hydrogen-bond acceptors (Lipinski definition) is 1. The lowest BCUT2D eigenvalue weighted by atomic mass is 9.97. The van der Waals surface area contributed by atoms with Gasteiger partial charge in [0, 0.05) is 5.56 Å². The van der Waals surface area contributed by atoms with Gasteiger partial charge < -0.3 is 0 Å². The van der Waals surface area contributed by atoms with Crippen molar-refractivity contribution in [3.05, 3.63) is 58.5 Å². The Morgan fingerprint density at radius 2 is 1.94 bits per heavy atom. The normalized spacial score (nSPS) is 13.6. The van der Waals surface area contributed by atoms with Gasteiger partial charge in [0.2, 0.25) is 0 Å². The zero-order chi connectivity index (χ0) is 11.1. The molecule has 0 amide bonds. The average Bonchev–Trinajstić information content (AvgIpc) is 2.31. The van der Waals surface area contributed by atoms with E-state index >= 15 is 0 Å². The van der Waals surface area contributed by atoms with Crippen molar-refractivity contribution < 1.29 is 4.79 Å². The number of carbonyl (C=O) groups is 1. The minimum absolute atomic E-state index is 0.0631. The molecule has 0 saturated carbocycles. The molecule has 0 N–H and O–H groups in total. The standard InChI is InChI=1S/C15H10O/c1-10-12-6-3-2-5-11(12)9-14-13(10)7-4-8-15(14)16/h2-9H,1H2. The Labute approximate surface area is 93.0 Å². The summed E-state index contributed by atoms with van der Waals surface area (Å²) in [5, 5.41) is 4.07. The number of hydrogen-bond donors (Lipinski definition) is 0. The first-order valence-electron chi connectivity index (χ1n) is 5.21. The fourth-order valence-electron chi connectivity index (χ4n) is 2.15. The van der Waals surface area contributed by atoms with E-state index in [1.54, 1.807) is 12.2 Å². The van der Waals surface area contributed by atoms with Gasteiger partial charge in [-0.15, -0.1) is 0 Å². The first-order valence-corrected chi connectivity index (χ1v) is 5.21. The van der Waals surface area contributed by atoms with Gasteiger partial charge in [0.25, 0.3) is 0 Å². The third-order valence-corrected chi connectivity index (χ3v) is 2.98. The van der Waals surface area contributed by atoms with Gasteiger partial charge >= 0.3 is 0 Å². The maximum atomic E-state index is 11.7. The summed E-state index contributed by atoms with van der Waals surface area (Å²) in [6, 6.07) is 9.96. The van der Waals surface area contributed by atoms with Crippen LogP contribution in [-0.4, -0.2) is 5.78 Å². The second-order valence-electron chi connectivity index (χ2n) is 3.93. The summed E-state index contributed by atoms with van der Waals surface area (Å²) in [5.74, 6) is 0.0631. The van der Waals surface area contributed by atoms with Crippen molar-refractivity contribution in [3.8, 4) is 0 Å². The molecule has 3 rings (SSSR count). The molecule has 0 radical (unpaired) electrons. The highest BCUT2D eigenvalue weighted by Gasteiger charge is 2.09. The summed E-state index contributed by atoms with van der Waals surface area (Å²) >= 11 is 0. The molecule has 0 atom stereocenters. The van der Waals surface area contributed by atoms with Crippen LogP contribution in [0.25, 0.3) is 23.4 Å². The van der Waals surface area contributed by atoms with Gasteiger partial charge in [0.1, 0.15) is 0 Å². The molecule has 0 saturated heterocycles. The van der Waals surface area contributed by atoms with E-state index in [4.69, 9.17) is 0 Å². The molecule has 16 heavy (non-hydrogen) atoms. The van der Waals surface area contributed by atoms with Crippen LogP contribution in [0.2, 0.25) is 0 Å². The molecule has 0 spiro atoms. The van der Waals surface area contributed by atoms with Crippen molar-refractivity contribution in [2.24, 2.45) is 0 Å². The quantitative estimate of drug-likeness (QED) is 0.642. The van der Waals surface area contributed by atoms with Gasteiger partial charge in [-0.2, -0.15) is 0 Å². The Kier molecular flexibility index (Phi) is 1.80. The lowest BCUT2D eigenvalue weighted by Crippen LogP contribution is -2.31. The van der Waals surface area contributed by atoms with Crippen LogP contribution in [-0.2, 0) is 0 Å². The number of carbonyl (C=O) groups excluding carboxylic acids is 1. The molecular weight excluding hydrogens is 196 g/mol. The topological polar surface area (TPSA) is 17.1 Å². The fraction of sp³-hybridized carbons (Fsp3) is 0. The third kappa shape index (κ3) is 1.15. The molecule has 0 aliphatic heterocycles. The molecule has 2 aromatic rings.